The Hall–Kier alpha value is -0.480. The summed E-state index contributed by atoms with van der Waals surface area (Å²) < 4.78 is 5.16. The van der Waals surface area contributed by atoms with E-state index in [4.69, 9.17) is 4.74 Å². The highest BCUT2D eigenvalue weighted by Gasteiger charge is 2.20. The predicted octanol–water partition coefficient (Wildman–Crippen LogP) is 1.68. The third kappa shape index (κ3) is 6.57. The SMILES string of the molecule is CC(C)(C)OC(=O)N[C@@H]1CCCNC1.Cl. The van der Waals surface area contributed by atoms with Crippen LogP contribution in [0.2, 0.25) is 0 Å². The number of amides is 1. The third-order valence-corrected chi connectivity index (χ3v) is 2.02. The van der Waals surface area contributed by atoms with Crippen molar-refractivity contribution in [2.45, 2.75) is 45.3 Å². The molecule has 1 fully saturated rings. The van der Waals surface area contributed by atoms with Gasteiger partial charge in [-0.1, -0.05) is 0 Å². The number of ether oxygens (including phenoxy) is 1. The largest absolute Gasteiger partial charge is 0.444 e. The normalized spacial score (nSPS) is 21.4. The van der Waals surface area contributed by atoms with E-state index in [-0.39, 0.29) is 24.5 Å². The Morgan fingerprint density at radius 1 is 1.47 bits per heavy atom. The van der Waals surface area contributed by atoms with Gasteiger partial charge < -0.3 is 15.4 Å². The third-order valence-electron chi connectivity index (χ3n) is 2.02. The minimum absolute atomic E-state index is 0. The van der Waals surface area contributed by atoms with Crippen molar-refractivity contribution in [3.8, 4) is 0 Å². The molecule has 1 amide bonds. The molecule has 0 saturated carbocycles. The van der Waals surface area contributed by atoms with E-state index in [1.54, 1.807) is 0 Å². The molecule has 0 radical (unpaired) electrons. The molecule has 0 spiro atoms. The summed E-state index contributed by atoms with van der Waals surface area (Å²) in [5.74, 6) is 0. The van der Waals surface area contributed by atoms with Gasteiger partial charge in [0.25, 0.3) is 0 Å². The molecule has 1 atom stereocenters. The molecule has 1 aliphatic rings. The molecule has 1 aliphatic heterocycles. The summed E-state index contributed by atoms with van der Waals surface area (Å²) in [6, 6.07) is 0.221. The number of nitrogens with one attached hydrogen (secondary N) is 2. The zero-order chi connectivity index (χ0) is 10.6. The van der Waals surface area contributed by atoms with Crippen LogP contribution in [0.5, 0.6) is 0 Å². The van der Waals surface area contributed by atoms with Crippen LogP contribution in [-0.4, -0.2) is 30.8 Å². The maximum Gasteiger partial charge on any atom is 0.407 e. The lowest BCUT2D eigenvalue weighted by molar-refractivity contribution is 0.0497. The first-order chi connectivity index (χ1) is 6.47. The highest BCUT2D eigenvalue weighted by Crippen LogP contribution is 2.08. The smallest absolute Gasteiger partial charge is 0.407 e. The van der Waals surface area contributed by atoms with Crippen molar-refractivity contribution >= 4 is 18.5 Å². The van der Waals surface area contributed by atoms with E-state index in [0.717, 1.165) is 25.9 Å². The lowest BCUT2D eigenvalue weighted by Gasteiger charge is -2.26. The van der Waals surface area contributed by atoms with Gasteiger partial charge >= 0.3 is 6.09 Å². The number of carbonyl (C=O) groups is 1. The first-order valence-corrected chi connectivity index (χ1v) is 5.17. The monoisotopic (exact) mass is 236 g/mol. The predicted molar refractivity (Wildman–Crippen MR) is 62.5 cm³/mol. The van der Waals surface area contributed by atoms with Crippen molar-refractivity contribution in [3.63, 3.8) is 0 Å². The van der Waals surface area contributed by atoms with Crippen molar-refractivity contribution in [2.24, 2.45) is 0 Å². The molecule has 90 valence electrons. The first-order valence-electron chi connectivity index (χ1n) is 5.17. The molecule has 0 aromatic heterocycles. The van der Waals surface area contributed by atoms with Gasteiger partial charge in [0.05, 0.1) is 0 Å². The maximum atomic E-state index is 11.4. The molecule has 1 rings (SSSR count). The highest BCUT2D eigenvalue weighted by atomic mass is 35.5. The van der Waals surface area contributed by atoms with E-state index in [2.05, 4.69) is 10.6 Å². The molecule has 0 unspecified atom stereocenters. The van der Waals surface area contributed by atoms with Crippen LogP contribution >= 0.6 is 12.4 Å². The number of piperidine rings is 1. The highest BCUT2D eigenvalue weighted by molar-refractivity contribution is 5.85. The van der Waals surface area contributed by atoms with E-state index in [9.17, 15) is 4.79 Å². The fourth-order valence-corrected chi connectivity index (χ4v) is 1.45. The van der Waals surface area contributed by atoms with Gasteiger partial charge in [-0.2, -0.15) is 0 Å². The minimum atomic E-state index is -0.411. The Morgan fingerprint density at radius 2 is 2.13 bits per heavy atom. The van der Waals surface area contributed by atoms with Gasteiger partial charge in [0.15, 0.2) is 0 Å². The summed E-state index contributed by atoms with van der Waals surface area (Å²) in [4.78, 5) is 11.4. The van der Waals surface area contributed by atoms with E-state index < -0.39 is 5.60 Å². The van der Waals surface area contributed by atoms with Gasteiger partial charge in [-0.25, -0.2) is 4.79 Å². The number of alkyl carbamates (subject to hydrolysis) is 1. The summed E-state index contributed by atoms with van der Waals surface area (Å²) in [7, 11) is 0. The van der Waals surface area contributed by atoms with Crippen LogP contribution < -0.4 is 10.6 Å². The molecule has 1 saturated heterocycles. The molecule has 0 aromatic rings. The van der Waals surface area contributed by atoms with E-state index >= 15 is 0 Å². The molecule has 0 aromatic carbocycles. The average molecular weight is 237 g/mol. The maximum absolute atomic E-state index is 11.4. The van der Waals surface area contributed by atoms with Gasteiger partial charge in [0.1, 0.15) is 5.60 Å². The van der Waals surface area contributed by atoms with E-state index in [1.807, 2.05) is 20.8 Å². The molecule has 0 bridgehead atoms. The van der Waals surface area contributed by atoms with Crippen molar-refractivity contribution in [3.05, 3.63) is 0 Å². The van der Waals surface area contributed by atoms with Crippen molar-refractivity contribution in [1.29, 1.82) is 0 Å². The summed E-state index contributed by atoms with van der Waals surface area (Å²) in [5.41, 5.74) is -0.411. The summed E-state index contributed by atoms with van der Waals surface area (Å²) in [6.07, 6.45) is 1.83. The van der Waals surface area contributed by atoms with Crippen molar-refractivity contribution < 1.29 is 9.53 Å². The second-order valence-electron chi connectivity index (χ2n) is 4.69. The molecular formula is C10H21ClN2O2. The Balaban J connectivity index is 0.00000196. The van der Waals surface area contributed by atoms with E-state index in [0.29, 0.717) is 0 Å². The van der Waals surface area contributed by atoms with Crippen LogP contribution in [0, 0.1) is 0 Å². The number of hydrogen-bond acceptors (Lipinski definition) is 3. The van der Waals surface area contributed by atoms with Crippen LogP contribution in [0.1, 0.15) is 33.6 Å². The Morgan fingerprint density at radius 3 is 2.60 bits per heavy atom. The lowest BCUT2D eigenvalue weighted by Crippen LogP contribution is -2.47. The average Bonchev–Trinajstić information content (AvgIpc) is 2.02. The zero-order valence-corrected chi connectivity index (χ0v) is 10.4. The zero-order valence-electron chi connectivity index (χ0n) is 9.63. The van der Waals surface area contributed by atoms with Gasteiger partial charge in [-0.15, -0.1) is 12.4 Å². The molecule has 5 heteroatoms. The number of hydrogen-bond donors (Lipinski definition) is 2. The van der Waals surface area contributed by atoms with Crippen molar-refractivity contribution in [1.82, 2.24) is 10.6 Å². The molecule has 1 heterocycles. The fraction of sp³-hybridized carbons (Fsp3) is 0.900. The molecule has 4 nitrogen and oxygen atoms in total. The lowest BCUT2D eigenvalue weighted by atomic mass is 10.1. The molecule has 15 heavy (non-hydrogen) atoms. The van der Waals surface area contributed by atoms with Crippen LogP contribution in [0.15, 0.2) is 0 Å². The quantitative estimate of drug-likeness (QED) is 0.729. The second-order valence-corrected chi connectivity index (χ2v) is 4.69. The summed E-state index contributed by atoms with van der Waals surface area (Å²) >= 11 is 0. The fourth-order valence-electron chi connectivity index (χ4n) is 1.45. The number of rotatable bonds is 1. The molecular weight excluding hydrogens is 216 g/mol. The standard InChI is InChI=1S/C10H20N2O2.ClH/c1-10(2,3)14-9(13)12-8-5-4-6-11-7-8;/h8,11H,4-7H2,1-3H3,(H,12,13);1H/t8-;/m1./s1. The summed E-state index contributed by atoms with van der Waals surface area (Å²) in [6.45, 7) is 7.49. The van der Waals surface area contributed by atoms with Gasteiger partial charge in [-0.05, 0) is 40.2 Å². The second kappa shape index (κ2) is 6.18. The van der Waals surface area contributed by atoms with Crippen molar-refractivity contribution in [2.75, 3.05) is 13.1 Å². The number of carbonyl (C=O) groups excluding carboxylic acids is 1. The van der Waals surface area contributed by atoms with E-state index in [1.165, 1.54) is 0 Å². The Kier molecular flexibility index (Phi) is 5.98. The Bertz CT molecular complexity index is 198. The first kappa shape index (κ1) is 14.5. The van der Waals surface area contributed by atoms with Gasteiger partial charge in [-0.3, -0.25) is 0 Å². The number of halogens is 1. The van der Waals surface area contributed by atoms with Gasteiger partial charge in [0.2, 0.25) is 0 Å². The van der Waals surface area contributed by atoms with Crippen LogP contribution in [0.4, 0.5) is 4.79 Å². The Labute approximate surface area is 97.5 Å². The summed E-state index contributed by atoms with van der Waals surface area (Å²) in [5, 5.41) is 6.08. The van der Waals surface area contributed by atoms with Crippen LogP contribution in [-0.2, 0) is 4.74 Å². The van der Waals surface area contributed by atoms with Crippen LogP contribution in [0.3, 0.4) is 0 Å². The molecule has 0 aliphatic carbocycles. The van der Waals surface area contributed by atoms with Gasteiger partial charge in [0, 0.05) is 12.6 Å². The topological polar surface area (TPSA) is 50.4 Å². The minimum Gasteiger partial charge on any atom is -0.444 e. The van der Waals surface area contributed by atoms with Crippen LogP contribution in [0.25, 0.3) is 0 Å². The molecule has 2 N–H and O–H groups in total.